The van der Waals surface area contributed by atoms with E-state index < -0.39 is 34.2 Å². The van der Waals surface area contributed by atoms with Crippen LogP contribution in [0.4, 0.5) is 18.0 Å². The first kappa shape index (κ1) is 19.0. The van der Waals surface area contributed by atoms with Gasteiger partial charge in [-0.2, -0.15) is 13.2 Å². The Balaban J connectivity index is 1.45. The maximum Gasteiger partial charge on any atom is 0.417 e. The molecule has 0 spiro atoms. The minimum atomic E-state index is -4.56. The Morgan fingerprint density at radius 3 is 2.39 bits per heavy atom. The van der Waals surface area contributed by atoms with E-state index >= 15 is 0 Å². The molecule has 2 N–H and O–H groups in total. The Hall–Kier alpha value is -2.29. The fourth-order valence-electron chi connectivity index (χ4n) is 4.03. The average molecular weight is 416 g/mol. The van der Waals surface area contributed by atoms with Crippen LogP contribution >= 0.6 is 11.6 Å². The molecule has 1 atom stereocenters. The number of nitrogens with zero attached hydrogens (tertiary/aromatic N) is 1. The molecule has 4 amide bonds. The number of nitrogens with one attached hydrogen (secondary N) is 2. The van der Waals surface area contributed by atoms with E-state index in [4.69, 9.17) is 11.6 Å². The zero-order chi connectivity index (χ0) is 20.3. The number of benzene rings is 1. The summed E-state index contributed by atoms with van der Waals surface area (Å²) in [4.78, 5) is 37.9. The summed E-state index contributed by atoms with van der Waals surface area (Å²) in [5, 5.41) is 4.50. The van der Waals surface area contributed by atoms with Crippen molar-refractivity contribution in [2.45, 2.75) is 50.5 Å². The summed E-state index contributed by atoms with van der Waals surface area (Å²) < 4.78 is 39.1. The highest BCUT2D eigenvalue weighted by molar-refractivity contribution is 6.31. The van der Waals surface area contributed by atoms with Gasteiger partial charge in [-0.15, -0.1) is 0 Å². The first-order valence-electron chi connectivity index (χ1n) is 8.90. The lowest BCUT2D eigenvalue weighted by atomic mass is 9.88. The number of rotatable bonds is 4. The maximum atomic E-state index is 13.0. The van der Waals surface area contributed by atoms with E-state index in [-0.39, 0.29) is 37.8 Å². The lowest BCUT2D eigenvalue weighted by molar-refractivity contribution is -0.137. The Labute approximate surface area is 163 Å². The van der Waals surface area contributed by atoms with Crippen molar-refractivity contribution in [3.63, 3.8) is 0 Å². The number of alkyl halides is 3. The van der Waals surface area contributed by atoms with Gasteiger partial charge in [-0.25, -0.2) is 4.79 Å². The van der Waals surface area contributed by atoms with Gasteiger partial charge in [0.05, 0.1) is 10.6 Å². The van der Waals surface area contributed by atoms with Gasteiger partial charge in [0.2, 0.25) is 5.91 Å². The van der Waals surface area contributed by atoms with Crippen LogP contribution in [0.3, 0.4) is 0 Å². The van der Waals surface area contributed by atoms with Crippen LogP contribution in [0.2, 0.25) is 5.02 Å². The van der Waals surface area contributed by atoms with Gasteiger partial charge in [0.25, 0.3) is 5.91 Å². The van der Waals surface area contributed by atoms with E-state index in [1.807, 2.05) is 0 Å². The lowest BCUT2D eigenvalue weighted by Crippen LogP contribution is -2.49. The summed E-state index contributed by atoms with van der Waals surface area (Å²) in [5.74, 6) is -0.690. The molecule has 0 radical (unpaired) electrons. The molecule has 2 aliphatic heterocycles. The fraction of sp³-hybridized carbons (Fsp3) is 0.500. The SMILES string of the molecule is O=C1NC(=O)[C@](CCC(=O)N2Cc3cc(Cl)c(C(F)(F)F)cc3C2)(C2CC2)N1. The van der Waals surface area contributed by atoms with Crippen molar-refractivity contribution in [2.24, 2.45) is 5.92 Å². The zero-order valence-electron chi connectivity index (χ0n) is 14.7. The van der Waals surface area contributed by atoms with Crippen LogP contribution in [0.5, 0.6) is 0 Å². The van der Waals surface area contributed by atoms with Crippen molar-refractivity contribution in [3.05, 3.63) is 33.8 Å². The minimum absolute atomic E-state index is 0.00988. The summed E-state index contributed by atoms with van der Waals surface area (Å²) in [5.41, 5.74) is -0.990. The van der Waals surface area contributed by atoms with Crippen LogP contribution in [0, 0.1) is 5.92 Å². The van der Waals surface area contributed by atoms with E-state index in [0.29, 0.717) is 11.1 Å². The predicted molar refractivity (Wildman–Crippen MR) is 92.1 cm³/mol. The molecule has 1 aromatic carbocycles. The van der Waals surface area contributed by atoms with Gasteiger partial charge in [-0.1, -0.05) is 11.6 Å². The Morgan fingerprint density at radius 1 is 1.21 bits per heavy atom. The Bertz CT molecular complexity index is 885. The summed E-state index contributed by atoms with van der Waals surface area (Å²) >= 11 is 5.75. The Kier molecular flexibility index (Phi) is 4.33. The van der Waals surface area contributed by atoms with Crippen LogP contribution < -0.4 is 10.6 Å². The smallest absolute Gasteiger partial charge is 0.334 e. The van der Waals surface area contributed by atoms with Crippen LogP contribution in [0.25, 0.3) is 0 Å². The number of fused-ring (bicyclic) bond motifs is 1. The fourth-order valence-corrected chi connectivity index (χ4v) is 4.32. The molecule has 150 valence electrons. The molecule has 1 aromatic rings. The third kappa shape index (κ3) is 3.21. The minimum Gasteiger partial charge on any atom is -0.334 e. The Morgan fingerprint density at radius 2 is 1.86 bits per heavy atom. The normalized spacial score (nSPS) is 24.2. The molecule has 1 saturated heterocycles. The molecule has 0 unspecified atom stereocenters. The highest BCUT2D eigenvalue weighted by Crippen LogP contribution is 2.44. The number of carbonyl (C=O) groups excluding carboxylic acids is 3. The van der Waals surface area contributed by atoms with Gasteiger partial charge < -0.3 is 10.2 Å². The first-order chi connectivity index (χ1) is 13.1. The first-order valence-corrected chi connectivity index (χ1v) is 9.28. The molecule has 1 saturated carbocycles. The second kappa shape index (κ2) is 6.37. The summed E-state index contributed by atoms with van der Waals surface area (Å²) in [6.07, 6.45) is -2.78. The maximum absolute atomic E-state index is 13.0. The molecule has 0 bridgehead atoms. The molecule has 3 aliphatic rings. The van der Waals surface area contributed by atoms with Crippen molar-refractivity contribution in [3.8, 4) is 0 Å². The van der Waals surface area contributed by atoms with Crippen LogP contribution in [-0.4, -0.2) is 28.3 Å². The van der Waals surface area contributed by atoms with Crippen LogP contribution in [-0.2, 0) is 28.9 Å². The van der Waals surface area contributed by atoms with Gasteiger partial charge in [-0.3, -0.25) is 14.9 Å². The molecule has 6 nitrogen and oxygen atoms in total. The molecule has 2 fully saturated rings. The van der Waals surface area contributed by atoms with Gasteiger partial charge in [0.15, 0.2) is 0 Å². The van der Waals surface area contributed by atoms with Gasteiger partial charge in [0.1, 0.15) is 5.54 Å². The molecule has 10 heteroatoms. The number of carbonyl (C=O) groups is 3. The summed E-state index contributed by atoms with van der Waals surface area (Å²) in [7, 11) is 0. The number of amides is 4. The van der Waals surface area contributed by atoms with E-state index in [9.17, 15) is 27.6 Å². The molecule has 1 aliphatic carbocycles. The summed E-state index contributed by atoms with van der Waals surface area (Å²) in [6.45, 7) is 0.227. The van der Waals surface area contributed by atoms with Crippen molar-refractivity contribution < 1.29 is 27.6 Å². The van der Waals surface area contributed by atoms with Gasteiger partial charge in [-0.05, 0) is 48.4 Å². The molecular formula is C18H17ClF3N3O3. The van der Waals surface area contributed by atoms with Crippen molar-refractivity contribution in [2.75, 3.05) is 0 Å². The second-order valence-electron chi connectivity index (χ2n) is 7.50. The number of urea groups is 1. The number of hydrogen-bond acceptors (Lipinski definition) is 3. The zero-order valence-corrected chi connectivity index (χ0v) is 15.4. The predicted octanol–water partition coefficient (Wildman–Crippen LogP) is 2.97. The number of halogens is 4. The number of imide groups is 1. The topological polar surface area (TPSA) is 78.5 Å². The second-order valence-corrected chi connectivity index (χ2v) is 7.91. The molecule has 0 aromatic heterocycles. The van der Waals surface area contributed by atoms with Gasteiger partial charge in [0, 0.05) is 19.5 Å². The van der Waals surface area contributed by atoms with Gasteiger partial charge >= 0.3 is 12.2 Å². The highest BCUT2D eigenvalue weighted by atomic mass is 35.5. The summed E-state index contributed by atoms with van der Waals surface area (Å²) in [6, 6.07) is 1.68. The quantitative estimate of drug-likeness (QED) is 0.742. The number of hydrogen-bond donors (Lipinski definition) is 2. The lowest BCUT2D eigenvalue weighted by Gasteiger charge is -2.26. The molecule has 28 heavy (non-hydrogen) atoms. The van der Waals surface area contributed by atoms with Crippen molar-refractivity contribution in [1.29, 1.82) is 0 Å². The standard InChI is InChI=1S/C18H17ClF3N3O3/c19-13-6-10-8-25(7-9(10)5-12(13)18(20,21)22)14(26)3-4-17(11-1-2-11)15(27)23-16(28)24-17/h5-6,11H,1-4,7-8H2,(H2,23,24,27,28)/t17-/m0/s1. The van der Waals surface area contributed by atoms with E-state index in [1.54, 1.807) is 0 Å². The largest absolute Gasteiger partial charge is 0.417 e. The average Bonchev–Trinajstić information content (AvgIpc) is 3.30. The van der Waals surface area contributed by atoms with Crippen molar-refractivity contribution >= 4 is 29.4 Å². The van der Waals surface area contributed by atoms with Crippen LogP contribution in [0.1, 0.15) is 42.4 Å². The van der Waals surface area contributed by atoms with E-state index in [1.165, 1.54) is 11.0 Å². The van der Waals surface area contributed by atoms with Crippen molar-refractivity contribution in [1.82, 2.24) is 15.5 Å². The molecular weight excluding hydrogens is 399 g/mol. The molecule has 2 heterocycles. The molecule has 4 rings (SSSR count). The van der Waals surface area contributed by atoms with Crippen LogP contribution in [0.15, 0.2) is 12.1 Å². The third-order valence-electron chi connectivity index (χ3n) is 5.65. The van der Waals surface area contributed by atoms with E-state index in [2.05, 4.69) is 10.6 Å². The van der Waals surface area contributed by atoms with E-state index in [0.717, 1.165) is 18.9 Å². The third-order valence-corrected chi connectivity index (χ3v) is 5.96. The monoisotopic (exact) mass is 415 g/mol. The highest BCUT2D eigenvalue weighted by Gasteiger charge is 2.55.